The van der Waals surface area contributed by atoms with Gasteiger partial charge in [0.15, 0.2) is 0 Å². The van der Waals surface area contributed by atoms with Gasteiger partial charge in [-0.1, -0.05) is 0 Å². The van der Waals surface area contributed by atoms with Gasteiger partial charge < -0.3 is 21.1 Å². The Bertz CT molecular complexity index is 603. The number of aromatic nitrogens is 2. The summed E-state index contributed by atoms with van der Waals surface area (Å²) in [6.45, 7) is 3.57. The third-order valence-corrected chi connectivity index (χ3v) is 3.62. The molecular formula is C16H21N5O. The van der Waals surface area contributed by atoms with Crippen LogP contribution in [0.15, 0.2) is 30.3 Å². The Morgan fingerprint density at radius 2 is 1.77 bits per heavy atom. The second kappa shape index (κ2) is 6.62. The smallest absolute Gasteiger partial charge is 0.222 e. The van der Waals surface area contributed by atoms with Gasteiger partial charge in [-0.15, -0.1) is 0 Å². The Morgan fingerprint density at radius 1 is 1.09 bits per heavy atom. The molecule has 22 heavy (non-hydrogen) atoms. The monoisotopic (exact) mass is 299 g/mol. The molecule has 0 saturated carbocycles. The lowest BCUT2D eigenvalue weighted by molar-refractivity contribution is 0.0904. The number of hydrogen-bond acceptors (Lipinski definition) is 6. The fraction of sp³-hybridized carbons (Fsp3) is 0.375. The standard InChI is InChI=1S/C16H21N5O/c1-11-10-15(21-16(17)18-11)20-13-4-2-12(3-5-13)19-14-6-8-22-9-7-14/h2-5,10,14,19H,6-9H2,1H3,(H3,17,18,20,21). The van der Waals surface area contributed by atoms with Gasteiger partial charge in [0.05, 0.1) is 0 Å². The normalized spacial score (nSPS) is 15.5. The summed E-state index contributed by atoms with van der Waals surface area (Å²) in [5, 5.41) is 6.77. The maximum absolute atomic E-state index is 5.66. The molecule has 0 bridgehead atoms. The second-order valence-electron chi connectivity index (χ2n) is 5.49. The molecule has 0 aliphatic carbocycles. The Balaban J connectivity index is 1.63. The number of nitrogens with zero attached hydrogens (tertiary/aromatic N) is 2. The number of nitrogens with one attached hydrogen (secondary N) is 2. The first kappa shape index (κ1) is 14.6. The maximum atomic E-state index is 5.66. The van der Waals surface area contributed by atoms with Crippen LogP contribution < -0.4 is 16.4 Å². The number of benzene rings is 1. The van der Waals surface area contributed by atoms with Crippen LogP contribution in [0.25, 0.3) is 0 Å². The summed E-state index contributed by atoms with van der Waals surface area (Å²) in [5.41, 5.74) is 8.59. The predicted molar refractivity (Wildman–Crippen MR) is 88.4 cm³/mol. The topological polar surface area (TPSA) is 85.1 Å². The molecule has 1 aliphatic heterocycles. The molecule has 1 saturated heterocycles. The van der Waals surface area contributed by atoms with E-state index in [4.69, 9.17) is 10.5 Å². The zero-order chi connectivity index (χ0) is 15.4. The summed E-state index contributed by atoms with van der Waals surface area (Å²) in [7, 11) is 0. The maximum Gasteiger partial charge on any atom is 0.222 e. The zero-order valence-corrected chi connectivity index (χ0v) is 12.7. The number of nitrogens with two attached hydrogens (primary N) is 1. The highest BCUT2D eigenvalue weighted by Crippen LogP contribution is 2.20. The number of hydrogen-bond donors (Lipinski definition) is 3. The highest BCUT2D eigenvalue weighted by atomic mass is 16.5. The molecule has 6 heteroatoms. The highest BCUT2D eigenvalue weighted by molar-refractivity contribution is 5.61. The van der Waals surface area contributed by atoms with Crippen LogP contribution in [0.5, 0.6) is 0 Å². The summed E-state index contributed by atoms with van der Waals surface area (Å²) >= 11 is 0. The Labute approximate surface area is 130 Å². The Morgan fingerprint density at radius 3 is 2.45 bits per heavy atom. The molecule has 3 rings (SSSR count). The van der Waals surface area contributed by atoms with Crippen LogP contribution in [0, 0.1) is 6.92 Å². The molecule has 0 unspecified atom stereocenters. The molecular weight excluding hydrogens is 278 g/mol. The van der Waals surface area contributed by atoms with Crippen LogP contribution in [0.4, 0.5) is 23.1 Å². The fourth-order valence-corrected chi connectivity index (χ4v) is 2.53. The summed E-state index contributed by atoms with van der Waals surface area (Å²) in [6, 6.07) is 10.5. The lowest BCUT2D eigenvalue weighted by atomic mass is 10.1. The molecule has 1 fully saturated rings. The predicted octanol–water partition coefficient (Wildman–Crippen LogP) is 2.70. The van der Waals surface area contributed by atoms with E-state index in [1.54, 1.807) is 0 Å². The van der Waals surface area contributed by atoms with Gasteiger partial charge in [-0.3, -0.25) is 0 Å². The molecule has 116 valence electrons. The number of aryl methyl sites for hydroxylation is 1. The minimum atomic E-state index is 0.278. The van der Waals surface area contributed by atoms with Crippen molar-refractivity contribution in [3.63, 3.8) is 0 Å². The number of nitrogen functional groups attached to an aromatic ring is 1. The van der Waals surface area contributed by atoms with Crippen LogP contribution in [-0.2, 0) is 4.74 Å². The van der Waals surface area contributed by atoms with Crippen molar-refractivity contribution >= 4 is 23.1 Å². The third kappa shape index (κ3) is 3.85. The van der Waals surface area contributed by atoms with Crippen molar-refractivity contribution in [3.05, 3.63) is 36.0 Å². The minimum Gasteiger partial charge on any atom is -0.382 e. The molecule has 1 aromatic carbocycles. The summed E-state index contributed by atoms with van der Waals surface area (Å²) in [6.07, 6.45) is 2.11. The van der Waals surface area contributed by atoms with Crippen molar-refractivity contribution in [1.29, 1.82) is 0 Å². The summed E-state index contributed by atoms with van der Waals surface area (Å²) in [5.74, 6) is 0.982. The van der Waals surface area contributed by atoms with Crippen molar-refractivity contribution in [2.45, 2.75) is 25.8 Å². The summed E-state index contributed by atoms with van der Waals surface area (Å²) in [4.78, 5) is 8.23. The van der Waals surface area contributed by atoms with Gasteiger partial charge in [0, 0.05) is 42.4 Å². The molecule has 1 aliphatic rings. The van der Waals surface area contributed by atoms with E-state index in [9.17, 15) is 0 Å². The van der Waals surface area contributed by atoms with E-state index < -0.39 is 0 Å². The van der Waals surface area contributed by atoms with Gasteiger partial charge in [0.1, 0.15) is 5.82 Å². The molecule has 0 radical (unpaired) electrons. The molecule has 2 aromatic rings. The van der Waals surface area contributed by atoms with Gasteiger partial charge in [-0.25, -0.2) is 4.98 Å². The molecule has 2 heterocycles. The van der Waals surface area contributed by atoms with Crippen molar-refractivity contribution < 1.29 is 4.74 Å². The van der Waals surface area contributed by atoms with E-state index in [0.29, 0.717) is 11.9 Å². The number of anilines is 4. The molecule has 0 atom stereocenters. The molecule has 0 amide bonds. The Hall–Kier alpha value is -2.34. The van der Waals surface area contributed by atoms with Crippen LogP contribution in [0.1, 0.15) is 18.5 Å². The number of ether oxygens (including phenoxy) is 1. The minimum absolute atomic E-state index is 0.278. The molecule has 4 N–H and O–H groups in total. The van der Waals surface area contributed by atoms with Crippen LogP contribution in [0.3, 0.4) is 0 Å². The fourth-order valence-electron chi connectivity index (χ4n) is 2.53. The van der Waals surface area contributed by atoms with Crippen LogP contribution >= 0.6 is 0 Å². The van der Waals surface area contributed by atoms with E-state index in [2.05, 4.69) is 32.7 Å². The second-order valence-corrected chi connectivity index (χ2v) is 5.49. The first-order chi connectivity index (χ1) is 10.7. The van der Waals surface area contributed by atoms with E-state index in [1.807, 2.05) is 25.1 Å². The lowest BCUT2D eigenvalue weighted by Gasteiger charge is -2.24. The number of rotatable bonds is 4. The average Bonchev–Trinajstić information content (AvgIpc) is 2.49. The highest BCUT2D eigenvalue weighted by Gasteiger charge is 2.13. The van der Waals surface area contributed by atoms with Crippen molar-refractivity contribution in [2.75, 3.05) is 29.6 Å². The largest absolute Gasteiger partial charge is 0.382 e. The summed E-state index contributed by atoms with van der Waals surface area (Å²) < 4.78 is 5.37. The van der Waals surface area contributed by atoms with E-state index in [-0.39, 0.29) is 5.95 Å². The van der Waals surface area contributed by atoms with Gasteiger partial charge in [0.25, 0.3) is 0 Å². The van der Waals surface area contributed by atoms with Crippen molar-refractivity contribution in [2.24, 2.45) is 0 Å². The SMILES string of the molecule is Cc1cc(Nc2ccc(NC3CCOCC3)cc2)nc(N)n1. The Kier molecular flexibility index (Phi) is 4.39. The van der Waals surface area contributed by atoms with Crippen molar-refractivity contribution in [3.8, 4) is 0 Å². The quantitative estimate of drug-likeness (QED) is 0.805. The van der Waals surface area contributed by atoms with E-state index >= 15 is 0 Å². The molecule has 0 spiro atoms. The zero-order valence-electron chi connectivity index (χ0n) is 12.7. The van der Waals surface area contributed by atoms with E-state index in [1.165, 1.54) is 0 Å². The molecule has 6 nitrogen and oxygen atoms in total. The average molecular weight is 299 g/mol. The lowest BCUT2D eigenvalue weighted by Crippen LogP contribution is -2.27. The van der Waals surface area contributed by atoms with Gasteiger partial charge >= 0.3 is 0 Å². The van der Waals surface area contributed by atoms with Gasteiger partial charge in [-0.2, -0.15) is 4.98 Å². The first-order valence-electron chi connectivity index (χ1n) is 7.51. The van der Waals surface area contributed by atoms with Gasteiger partial charge in [-0.05, 0) is 44.0 Å². The van der Waals surface area contributed by atoms with E-state index in [0.717, 1.165) is 43.1 Å². The van der Waals surface area contributed by atoms with Crippen molar-refractivity contribution in [1.82, 2.24) is 9.97 Å². The van der Waals surface area contributed by atoms with Crippen LogP contribution in [0.2, 0.25) is 0 Å². The van der Waals surface area contributed by atoms with Crippen LogP contribution in [-0.4, -0.2) is 29.2 Å². The van der Waals surface area contributed by atoms with Gasteiger partial charge in [0.2, 0.25) is 5.95 Å². The third-order valence-electron chi connectivity index (χ3n) is 3.62. The molecule has 1 aromatic heterocycles. The first-order valence-corrected chi connectivity index (χ1v) is 7.51.